The number of carbonyl (C=O) groups excluding carboxylic acids is 1. The zero-order chi connectivity index (χ0) is 19.9. The van der Waals surface area contributed by atoms with Gasteiger partial charge in [-0.25, -0.2) is 4.79 Å². The standard InChI is InChI=1S/C22H28N2O4/c1-26-18-9-7-17(8-10-18)21(16-5-6-16)24-22(25)23-13-12-15-4-11-19(27-2)20(14-15)28-3/h4,7-11,14,16,21H,5-6,12-13H2,1-3H3,(H2,23,24,25). The number of benzene rings is 2. The largest absolute Gasteiger partial charge is 0.497 e. The fourth-order valence-electron chi connectivity index (χ4n) is 3.26. The molecule has 0 aromatic heterocycles. The second-order valence-electron chi connectivity index (χ2n) is 6.93. The lowest BCUT2D eigenvalue weighted by atomic mass is 10.0. The van der Waals surface area contributed by atoms with Gasteiger partial charge in [0.2, 0.25) is 0 Å². The molecule has 1 aliphatic carbocycles. The summed E-state index contributed by atoms with van der Waals surface area (Å²) in [5, 5.41) is 6.08. The second-order valence-corrected chi connectivity index (χ2v) is 6.93. The van der Waals surface area contributed by atoms with Crippen LogP contribution in [0.2, 0.25) is 0 Å². The average Bonchev–Trinajstić information content (AvgIpc) is 3.57. The van der Waals surface area contributed by atoms with Gasteiger partial charge in [0.1, 0.15) is 5.75 Å². The van der Waals surface area contributed by atoms with Crippen LogP contribution in [0, 0.1) is 5.92 Å². The predicted octanol–water partition coefficient (Wildman–Crippen LogP) is 3.71. The van der Waals surface area contributed by atoms with Gasteiger partial charge < -0.3 is 24.8 Å². The highest BCUT2D eigenvalue weighted by Gasteiger charge is 2.33. The maximum Gasteiger partial charge on any atom is 0.315 e. The van der Waals surface area contributed by atoms with Gasteiger partial charge in [-0.15, -0.1) is 0 Å². The third-order valence-corrected chi connectivity index (χ3v) is 5.00. The molecule has 6 nitrogen and oxygen atoms in total. The molecule has 0 radical (unpaired) electrons. The van der Waals surface area contributed by atoms with Crippen LogP contribution in [0.4, 0.5) is 4.79 Å². The molecule has 2 aromatic carbocycles. The maximum absolute atomic E-state index is 12.4. The first kappa shape index (κ1) is 19.9. The molecule has 1 unspecified atom stereocenters. The smallest absolute Gasteiger partial charge is 0.315 e. The van der Waals surface area contributed by atoms with E-state index in [0.717, 1.165) is 29.7 Å². The van der Waals surface area contributed by atoms with E-state index in [1.54, 1.807) is 21.3 Å². The van der Waals surface area contributed by atoms with E-state index in [4.69, 9.17) is 14.2 Å². The number of urea groups is 1. The number of ether oxygens (including phenoxy) is 3. The molecule has 0 aliphatic heterocycles. The highest BCUT2D eigenvalue weighted by Crippen LogP contribution is 2.41. The number of nitrogens with one attached hydrogen (secondary N) is 2. The van der Waals surface area contributed by atoms with Crippen LogP contribution in [-0.2, 0) is 6.42 Å². The van der Waals surface area contributed by atoms with Crippen molar-refractivity contribution in [2.24, 2.45) is 5.92 Å². The Morgan fingerprint density at radius 2 is 1.71 bits per heavy atom. The van der Waals surface area contributed by atoms with Crippen molar-refractivity contribution in [2.45, 2.75) is 25.3 Å². The molecule has 3 rings (SSSR count). The highest BCUT2D eigenvalue weighted by molar-refractivity contribution is 5.74. The second kappa shape index (κ2) is 9.35. The van der Waals surface area contributed by atoms with Crippen molar-refractivity contribution in [3.8, 4) is 17.2 Å². The number of hydrogen-bond donors (Lipinski definition) is 2. The molecule has 2 amide bonds. The monoisotopic (exact) mass is 384 g/mol. The maximum atomic E-state index is 12.4. The van der Waals surface area contributed by atoms with Gasteiger partial charge in [-0.3, -0.25) is 0 Å². The lowest BCUT2D eigenvalue weighted by Crippen LogP contribution is -2.39. The molecule has 1 aliphatic rings. The van der Waals surface area contributed by atoms with Crippen LogP contribution in [0.15, 0.2) is 42.5 Å². The summed E-state index contributed by atoms with van der Waals surface area (Å²) in [6.45, 7) is 0.543. The van der Waals surface area contributed by atoms with E-state index in [1.165, 1.54) is 0 Å². The third-order valence-electron chi connectivity index (χ3n) is 5.00. The van der Waals surface area contributed by atoms with Gasteiger partial charge in [-0.1, -0.05) is 18.2 Å². The molecule has 0 saturated heterocycles. The third kappa shape index (κ3) is 5.09. The summed E-state index contributed by atoms with van der Waals surface area (Å²) in [5.41, 5.74) is 2.19. The Labute approximate surface area is 166 Å². The molecule has 28 heavy (non-hydrogen) atoms. The van der Waals surface area contributed by atoms with Crippen molar-refractivity contribution in [1.29, 1.82) is 0 Å². The molecule has 0 spiro atoms. The molecular formula is C22H28N2O4. The van der Waals surface area contributed by atoms with Gasteiger partial charge in [0, 0.05) is 6.54 Å². The lowest BCUT2D eigenvalue weighted by Gasteiger charge is -2.19. The molecule has 2 aromatic rings. The number of carbonyl (C=O) groups is 1. The number of rotatable bonds is 9. The summed E-state index contributed by atoms with van der Waals surface area (Å²) >= 11 is 0. The number of methoxy groups -OCH3 is 3. The molecule has 2 N–H and O–H groups in total. The normalized spacial score (nSPS) is 14.1. The topological polar surface area (TPSA) is 68.8 Å². The summed E-state index contributed by atoms with van der Waals surface area (Å²) in [6.07, 6.45) is 3.00. The summed E-state index contributed by atoms with van der Waals surface area (Å²) in [4.78, 5) is 12.4. The van der Waals surface area contributed by atoms with Gasteiger partial charge in [-0.05, 0) is 60.6 Å². The molecule has 0 heterocycles. The Morgan fingerprint density at radius 1 is 1.00 bits per heavy atom. The van der Waals surface area contributed by atoms with Crippen LogP contribution in [0.1, 0.15) is 30.0 Å². The van der Waals surface area contributed by atoms with E-state index in [9.17, 15) is 4.79 Å². The fourth-order valence-corrected chi connectivity index (χ4v) is 3.26. The van der Waals surface area contributed by atoms with Crippen LogP contribution in [-0.4, -0.2) is 33.9 Å². The summed E-state index contributed by atoms with van der Waals surface area (Å²) < 4.78 is 15.8. The van der Waals surface area contributed by atoms with E-state index < -0.39 is 0 Å². The molecule has 150 valence electrons. The molecule has 1 saturated carbocycles. The number of hydrogen-bond acceptors (Lipinski definition) is 4. The van der Waals surface area contributed by atoms with Crippen molar-refractivity contribution in [2.75, 3.05) is 27.9 Å². The molecule has 1 atom stereocenters. The molecular weight excluding hydrogens is 356 g/mol. The predicted molar refractivity (Wildman–Crippen MR) is 108 cm³/mol. The van der Waals surface area contributed by atoms with Gasteiger partial charge in [-0.2, -0.15) is 0 Å². The fraction of sp³-hybridized carbons (Fsp3) is 0.409. The minimum absolute atomic E-state index is 0.0342. The van der Waals surface area contributed by atoms with Gasteiger partial charge in [0.25, 0.3) is 0 Å². The van der Waals surface area contributed by atoms with E-state index in [1.807, 2.05) is 42.5 Å². The van der Waals surface area contributed by atoms with Crippen LogP contribution in [0.5, 0.6) is 17.2 Å². The summed E-state index contributed by atoms with van der Waals surface area (Å²) in [5.74, 6) is 2.71. The Morgan fingerprint density at radius 3 is 2.32 bits per heavy atom. The Balaban J connectivity index is 1.52. The Bertz CT molecular complexity index is 788. The van der Waals surface area contributed by atoms with Crippen molar-refractivity contribution in [1.82, 2.24) is 10.6 Å². The minimum Gasteiger partial charge on any atom is -0.497 e. The van der Waals surface area contributed by atoms with Crippen LogP contribution in [0.3, 0.4) is 0 Å². The SMILES string of the molecule is COc1ccc(C(NC(=O)NCCc2ccc(OC)c(OC)c2)C2CC2)cc1. The van der Waals surface area contributed by atoms with E-state index in [-0.39, 0.29) is 12.1 Å². The van der Waals surface area contributed by atoms with E-state index >= 15 is 0 Å². The van der Waals surface area contributed by atoms with Crippen LogP contribution < -0.4 is 24.8 Å². The first-order valence-electron chi connectivity index (χ1n) is 9.53. The van der Waals surface area contributed by atoms with Crippen LogP contribution in [0.25, 0.3) is 0 Å². The highest BCUT2D eigenvalue weighted by atomic mass is 16.5. The number of amides is 2. The van der Waals surface area contributed by atoms with E-state index in [2.05, 4.69) is 10.6 Å². The van der Waals surface area contributed by atoms with Gasteiger partial charge >= 0.3 is 6.03 Å². The van der Waals surface area contributed by atoms with Crippen molar-refractivity contribution >= 4 is 6.03 Å². The summed E-state index contributed by atoms with van der Waals surface area (Å²) in [6, 6.07) is 13.6. The first-order valence-corrected chi connectivity index (χ1v) is 9.53. The molecule has 6 heteroatoms. The molecule has 1 fully saturated rings. The zero-order valence-electron chi connectivity index (χ0n) is 16.7. The van der Waals surface area contributed by atoms with Gasteiger partial charge in [0.15, 0.2) is 11.5 Å². The van der Waals surface area contributed by atoms with Crippen molar-refractivity contribution in [3.63, 3.8) is 0 Å². The average molecular weight is 384 g/mol. The van der Waals surface area contributed by atoms with E-state index in [0.29, 0.717) is 30.4 Å². The quantitative estimate of drug-likeness (QED) is 0.692. The molecule has 0 bridgehead atoms. The minimum atomic E-state index is -0.145. The van der Waals surface area contributed by atoms with Crippen molar-refractivity contribution < 1.29 is 19.0 Å². The van der Waals surface area contributed by atoms with Gasteiger partial charge in [0.05, 0.1) is 27.4 Å². The lowest BCUT2D eigenvalue weighted by molar-refractivity contribution is 0.235. The zero-order valence-corrected chi connectivity index (χ0v) is 16.7. The Kier molecular flexibility index (Phi) is 6.63. The van der Waals surface area contributed by atoms with Crippen molar-refractivity contribution in [3.05, 3.63) is 53.6 Å². The first-order chi connectivity index (χ1) is 13.6. The Hall–Kier alpha value is -2.89. The van der Waals surface area contributed by atoms with Crippen LogP contribution >= 0.6 is 0 Å². The summed E-state index contributed by atoms with van der Waals surface area (Å²) in [7, 11) is 4.88.